The lowest BCUT2D eigenvalue weighted by atomic mass is 10.2. The molecule has 2 N–H and O–H groups in total. The Morgan fingerprint density at radius 2 is 2.24 bits per heavy atom. The molecular weight excluding hydrogens is 302 g/mol. The van der Waals surface area contributed by atoms with Crippen molar-refractivity contribution in [2.24, 2.45) is 5.73 Å². The van der Waals surface area contributed by atoms with Crippen LogP contribution in [0.25, 0.3) is 0 Å². The Morgan fingerprint density at radius 3 is 2.86 bits per heavy atom. The van der Waals surface area contributed by atoms with Gasteiger partial charge in [-0.15, -0.1) is 22.7 Å². The smallest absolute Gasteiger partial charge is 0.265 e. The van der Waals surface area contributed by atoms with Crippen molar-refractivity contribution in [3.63, 3.8) is 0 Å². The summed E-state index contributed by atoms with van der Waals surface area (Å²) in [6.45, 7) is 4.71. The van der Waals surface area contributed by atoms with Gasteiger partial charge >= 0.3 is 0 Å². The van der Waals surface area contributed by atoms with Crippen LogP contribution in [0.2, 0.25) is 0 Å². The third-order valence-corrected chi connectivity index (χ3v) is 4.79. The second-order valence-corrected chi connectivity index (χ2v) is 6.75. The minimum atomic E-state index is 0.0129. The number of amides is 1. The van der Waals surface area contributed by atoms with Crippen molar-refractivity contribution in [1.82, 2.24) is 9.88 Å². The number of rotatable bonds is 3. The molecule has 0 saturated carbocycles. The average Bonchev–Trinajstić information content (AvgIpc) is 3.02. The maximum absolute atomic E-state index is 12.4. The van der Waals surface area contributed by atoms with Crippen LogP contribution in [0.1, 0.15) is 30.8 Å². The highest BCUT2D eigenvalue weighted by Crippen LogP contribution is 2.21. The number of thiophene rings is 1. The molecule has 0 fully saturated rings. The zero-order valence-corrected chi connectivity index (χ0v) is 13.9. The molecule has 1 amide bonds. The van der Waals surface area contributed by atoms with Gasteiger partial charge in [-0.25, -0.2) is 4.98 Å². The first-order chi connectivity index (χ1) is 10.0. The van der Waals surface area contributed by atoms with Gasteiger partial charge in [0, 0.05) is 13.6 Å². The maximum atomic E-state index is 12.4. The van der Waals surface area contributed by atoms with Gasteiger partial charge < -0.3 is 10.6 Å². The van der Waals surface area contributed by atoms with Crippen molar-refractivity contribution >= 4 is 28.6 Å². The van der Waals surface area contributed by atoms with Gasteiger partial charge in [0.1, 0.15) is 4.88 Å². The summed E-state index contributed by atoms with van der Waals surface area (Å²) in [4.78, 5) is 20.1. The Balaban J connectivity index is 2.07. The predicted molar refractivity (Wildman–Crippen MR) is 87.6 cm³/mol. The van der Waals surface area contributed by atoms with E-state index in [1.165, 1.54) is 11.3 Å². The van der Waals surface area contributed by atoms with Crippen LogP contribution >= 0.6 is 22.7 Å². The van der Waals surface area contributed by atoms with Gasteiger partial charge in [0.15, 0.2) is 0 Å². The molecule has 6 heteroatoms. The molecule has 0 aliphatic heterocycles. The highest BCUT2D eigenvalue weighted by atomic mass is 32.1. The monoisotopic (exact) mass is 319 g/mol. The largest absolute Gasteiger partial charge is 0.337 e. The first-order valence-electron chi connectivity index (χ1n) is 6.47. The second kappa shape index (κ2) is 6.85. The molecule has 0 aromatic carbocycles. The highest BCUT2D eigenvalue weighted by molar-refractivity contribution is 7.13. The second-order valence-electron chi connectivity index (χ2n) is 4.63. The van der Waals surface area contributed by atoms with Gasteiger partial charge in [0.05, 0.1) is 22.1 Å². The maximum Gasteiger partial charge on any atom is 0.265 e. The van der Waals surface area contributed by atoms with E-state index < -0.39 is 0 Å². The van der Waals surface area contributed by atoms with Crippen LogP contribution in [0.5, 0.6) is 0 Å². The first kappa shape index (κ1) is 15.7. The third kappa shape index (κ3) is 3.91. The number of nitrogens with two attached hydrogens (primary N) is 1. The SMILES string of the molecule is Cc1nc(C)c(C(=O)N(C)Cc2csc(C#CCN)c2)s1. The van der Waals surface area contributed by atoms with Crippen molar-refractivity contribution < 1.29 is 4.79 Å². The lowest BCUT2D eigenvalue weighted by Crippen LogP contribution is -2.25. The zero-order valence-electron chi connectivity index (χ0n) is 12.3. The van der Waals surface area contributed by atoms with Crippen LogP contribution in [0.3, 0.4) is 0 Å². The molecule has 0 atom stereocenters. The molecule has 110 valence electrons. The molecule has 0 radical (unpaired) electrons. The Hall–Kier alpha value is -1.68. The number of carbonyl (C=O) groups excluding carboxylic acids is 1. The Labute approximate surface area is 132 Å². The van der Waals surface area contributed by atoms with E-state index >= 15 is 0 Å². The van der Waals surface area contributed by atoms with E-state index in [-0.39, 0.29) is 5.91 Å². The summed E-state index contributed by atoms with van der Waals surface area (Å²) < 4.78 is 0. The molecular formula is C15H17N3OS2. The summed E-state index contributed by atoms with van der Waals surface area (Å²) in [5.41, 5.74) is 7.24. The molecule has 2 aromatic heterocycles. The van der Waals surface area contributed by atoms with Crippen LogP contribution in [0.15, 0.2) is 11.4 Å². The van der Waals surface area contributed by atoms with Gasteiger partial charge in [-0.1, -0.05) is 11.8 Å². The van der Waals surface area contributed by atoms with E-state index in [9.17, 15) is 4.79 Å². The number of aryl methyl sites for hydroxylation is 2. The summed E-state index contributed by atoms with van der Waals surface area (Å²) in [5.74, 6) is 5.85. The third-order valence-electron chi connectivity index (χ3n) is 2.83. The van der Waals surface area contributed by atoms with Crippen LogP contribution in [0, 0.1) is 25.7 Å². The Bertz CT molecular complexity index is 706. The molecule has 2 rings (SSSR count). The minimum Gasteiger partial charge on any atom is -0.337 e. The average molecular weight is 319 g/mol. The van der Waals surface area contributed by atoms with Gasteiger partial charge in [-0.2, -0.15) is 0 Å². The molecule has 2 heterocycles. The summed E-state index contributed by atoms with van der Waals surface area (Å²) in [5, 5.41) is 2.94. The van der Waals surface area contributed by atoms with Crippen molar-refractivity contribution in [1.29, 1.82) is 0 Å². The summed E-state index contributed by atoms with van der Waals surface area (Å²) in [6.07, 6.45) is 0. The molecule has 0 bridgehead atoms. The molecule has 4 nitrogen and oxygen atoms in total. The lowest BCUT2D eigenvalue weighted by Gasteiger charge is -2.15. The number of aromatic nitrogens is 1. The molecule has 21 heavy (non-hydrogen) atoms. The quantitative estimate of drug-likeness (QED) is 0.884. The molecule has 0 aliphatic rings. The van der Waals surface area contributed by atoms with Gasteiger partial charge in [-0.3, -0.25) is 4.79 Å². The van der Waals surface area contributed by atoms with Crippen LogP contribution < -0.4 is 5.73 Å². The van der Waals surface area contributed by atoms with Gasteiger partial charge in [0.2, 0.25) is 0 Å². The van der Waals surface area contributed by atoms with Crippen molar-refractivity contribution in [2.45, 2.75) is 20.4 Å². The van der Waals surface area contributed by atoms with Gasteiger partial charge in [0.25, 0.3) is 5.91 Å². The number of nitrogens with zero attached hydrogens (tertiary/aromatic N) is 2. The van der Waals surface area contributed by atoms with Crippen molar-refractivity contribution in [2.75, 3.05) is 13.6 Å². The fourth-order valence-electron chi connectivity index (χ4n) is 1.91. The van der Waals surface area contributed by atoms with Crippen LogP contribution in [0.4, 0.5) is 0 Å². The van der Waals surface area contributed by atoms with E-state index in [0.29, 0.717) is 18.0 Å². The normalized spacial score (nSPS) is 10.1. The molecule has 0 spiro atoms. The topological polar surface area (TPSA) is 59.2 Å². The van der Waals surface area contributed by atoms with Crippen LogP contribution in [-0.2, 0) is 6.54 Å². The standard InChI is InChI=1S/C15H17N3OS2/c1-10-14(21-11(2)17-10)15(19)18(3)8-12-7-13(20-9-12)5-4-6-16/h7,9H,6,8,16H2,1-3H3. The fraction of sp³-hybridized carbons (Fsp3) is 0.333. The molecule has 0 saturated heterocycles. The van der Waals surface area contributed by atoms with Crippen molar-refractivity contribution in [3.8, 4) is 11.8 Å². The summed E-state index contributed by atoms with van der Waals surface area (Å²) >= 11 is 3.01. The Morgan fingerprint density at radius 1 is 1.48 bits per heavy atom. The van der Waals surface area contributed by atoms with E-state index in [4.69, 9.17) is 5.73 Å². The first-order valence-corrected chi connectivity index (χ1v) is 8.16. The summed E-state index contributed by atoms with van der Waals surface area (Å²) in [7, 11) is 1.81. The van der Waals surface area contributed by atoms with E-state index in [2.05, 4.69) is 16.8 Å². The van der Waals surface area contributed by atoms with Crippen molar-refractivity contribution in [3.05, 3.63) is 37.5 Å². The number of hydrogen-bond donors (Lipinski definition) is 1. The minimum absolute atomic E-state index is 0.0129. The van der Waals surface area contributed by atoms with E-state index in [1.54, 1.807) is 23.3 Å². The Kier molecular flexibility index (Phi) is 5.12. The van der Waals surface area contributed by atoms with Crippen LogP contribution in [-0.4, -0.2) is 29.4 Å². The highest BCUT2D eigenvalue weighted by Gasteiger charge is 2.18. The predicted octanol–water partition coefficient (Wildman–Crippen LogP) is 2.40. The number of carbonyl (C=O) groups is 1. The summed E-state index contributed by atoms with van der Waals surface area (Å²) in [6, 6.07) is 2.00. The van der Waals surface area contributed by atoms with Gasteiger partial charge in [-0.05, 0) is 30.9 Å². The zero-order chi connectivity index (χ0) is 15.4. The van der Waals surface area contributed by atoms with E-state index in [0.717, 1.165) is 21.1 Å². The molecule has 0 aliphatic carbocycles. The number of thiazole rings is 1. The lowest BCUT2D eigenvalue weighted by molar-refractivity contribution is 0.0789. The molecule has 0 unspecified atom stereocenters. The van der Waals surface area contributed by atoms with E-state index in [1.807, 2.05) is 25.3 Å². The fourth-order valence-corrected chi connectivity index (χ4v) is 3.60. The molecule has 2 aromatic rings. The number of hydrogen-bond acceptors (Lipinski definition) is 5.